The average Bonchev–Trinajstić information content (AvgIpc) is 2.83. The van der Waals surface area contributed by atoms with Crippen LogP contribution in [0.15, 0.2) is 21.7 Å². The molecule has 0 aliphatic carbocycles. The van der Waals surface area contributed by atoms with Crippen molar-refractivity contribution in [3.8, 4) is 0 Å². The van der Waals surface area contributed by atoms with Crippen LogP contribution in [0.5, 0.6) is 0 Å². The SMILES string of the molecule is CCOC(=O)C(=O)C=C(C)Nc1c(NC2OCC(OC(C)=O)C(OC(C)=O)C2OC(C)=O)nc(SC)[nH]c1=O. The molecule has 0 bridgehead atoms. The summed E-state index contributed by atoms with van der Waals surface area (Å²) in [6.45, 7) is 6.13. The van der Waals surface area contributed by atoms with E-state index in [9.17, 15) is 28.8 Å². The van der Waals surface area contributed by atoms with Crippen LogP contribution in [0.25, 0.3) is 0 Å². The van der Waals surface area contributed by atoms with Crippen molar-refractivity contribution in [3.05, 3.63) is 22.1 Å². The molecule has 4 unspecified atom stereocenters. The zero-order valence-corrected chi connectivity index (χ0v) is 23.0. The maximum atomic E-state index is 12.9. The fraction of sp³-hybridized carbons (Fsp3) is 0.522. The number of carbonyl (C=O) groups excluding carboxylic acids is 5. The van der Waals surface area contributed by atoms with E-state index in [-0.39, 0.29) is 35.6 Å². The number of rotatable bonds is 11. The molecular formula is C23H30N4O11S. The highest BCUT2D eigenvalue weighted by atomic mass is 32.2. The van der Waals surface area contributed by atoms with Crippen molar-refractivity contribution in [3.63, 3.8) is 0 Å². The summed E-state index contributed by atoms with van der Waals surface area (Å²) in [5.74, 6) is -4.28. The summed E-state index contributed by atoms with van der Waals surface area (Å²) in [6, 6.07) is 0. The predicted molar refractivity (Wildman–Crippen MR) is 136 cm³/mol. The predicted octanol–water partition coefficient (Wildman–Crippen LogP) is 0.503. The largest absolute Gasteiger partial charge is 0.460 e. The van der Waals surface area contributed by atoms with Gasteiger partial charge in [-0.15, -0.1) is 0 Å². The van der Waals surface area contributed by atoms with Crippen molar-refractivity contribution in [1.29, 1.82) is 0 Å². The van der Waals surface area contributed by atoms with E-state index in [1.807, 2.05) is 0 Å². The Morgan fingerprint density at radius 1 is 1.05 bits per heavy atom. The second-order valence-electron chi connectivity index (χ2n) is 8.03. The number of anilines is 2. The van der Waals surface area contributed by atoms with Crippen LogP contribution in [-0.2, 0) is 47.7 Å². The van der Waals surface area contributed by atoms with Gasteiger partial charge in [0.15, 0.2) is 35.5 Å². The number of esters is 4. The second-order valence-corrected chi connectivity index (χ2v) is 8.83. The molecule has 1 aliphatic rings. The molecular weight excluding hydrogens is 540 g/mol. The van der Waals surface area contributed by atoms with Crippen LogP contribution < -0.4 is 16.2 Å². The lowest BCUT2D eigenvalue weighted by atomic mass is 10.0. The van der Waals surface area contributed by atoms with E-state index in [1.165, 1.54) is 6.92 Å². The fourth-order valence-electron chi connectivity index (χ4n) is 3.46. The molecule has 2 heterocycles. The van der Waals surface area contributed by atoms with Gasteiger partial charge in [0.25, 0.3) is 11.3 Å². The van der Waals surface area contributed by atoms with E-state index in [1.54, 1.807) is 13.2 Å². The first-order valence-electron chi connectivity index (χ1n) is 11.6. The summed E-state index contributed by atoms with van der Waals surface area (Å²) in [4.78, 5) is 78.8. The van der Waals surface area contributed by atoms with Crippen molar-refractivity contribution in [2.75, 3.05) is 30.1 Å². The highest BCUT2D eigenvalue weighted by Gasteiger charge is 2.47. The number of thioether (sulfide) groups is 1. The topological polar surface area (TPSA) is 201 Å². The van der Waals surface area contributed by atoms with Gasteiger partial charge in [0.2, 0.25) is 0 Å². The Hall–Kier alpha value is -3.92. The Bertz CT molecular complexity index is 1200. The van der Waals surface area contributed by atoms with Gasteiger partial charge in [-0.1, -0.05) is 11.8 Å². The van der Waals surface area contributed by atoms with Gasteiger partial charge >= 0.3 is 23.9 Å². The zero-order valence-electron chi connectivity index (χ0n) is 22.1. The molecule has 1 saturated heterocycles. The lowest BCUT2D eigenvalue weighted by Crippen LogP contribution is -2.59. The third-order valence-corrected chi connectivity index (χ3v) is 5.45. The number of hydrogen-bond donors (Lipinski definition) is 3. The third-order valence-electron chi connectivity index (χ3n) is 4.87. The number of allylic oxidation sites excluding steroid dienone is 1. The highest BCUT2D eigenvalue weighted by molar-refractivity contribution is 7.98. The van der Waals surface area contributed by atoms with Crippen LogP contribution in [0.4, 0.5) is 11.5 Å². The summed E-state index contributed by atoms with van der Waals surface area (Å²) >= 11 is 1.12. The first kappa shape index (κ1) is 31.3. The monoisotopic (exact) mass is 570 g/mol. The number of nitrogens with one attached hydrogen (secondary N) is 3. The van der Waals surface area contributed by atoms with Gasteiger partial charge in [-0.2, -0.15) is 0 Å². The number of hydrogen-bond acceptors (Lipinski definition) is 15. The van der Waals surface area contributed by atoms with Crippen molar-refractivity contribution >= 4 is 52.9 Å². The molecule has 15 nitrogen and oxygen atoms in total. The first-order chi connectivity index (χ1) is 18.4. The van der Waals surface area contributed by atoms with Gasteiger partial charge in [-0.05, 0) is 20.1 Å². The molecule has 4 atom stereocenters. The molecule has 0 spiro atoms. The highest BCUT2D eigenvalue weighted by Crippen LogP contribution is 2.28. The molecule has 39 heavy (non-hydrogen) atoms. The molecule has 3 N–H and O–H groups in total. The minimum Gasteiger partial charge on any atom is -0.460 e. The Morgan fingerprint density at radius 3 is 2.23 bits per heavy atom. The van der Waals surface area contributed by atoms with E-state index in [0.29, 0.717) is 0 Å². The number of aromatic amines is 1. The molecule has 0 radical (unpaired) electrons. The zero-order chi connectivity index (χ0) is 29.3. The number of ketones is 1. The Kier molecular flexibility index (Phi) is 11.5. The molecule has 0 amide bonds. The minimum absolute atomic E-state index is 0.0102. The molecule has 0 saturated carbocycles. The van der Waals surface area contributed by atoms with E-state index >= 15 is 0 Å². The summed E-state index contributed by atoms with van der Waals surface area (Å²) < 4.78 is 26.3. The second kappa shape index (κ2) is 14.3. The van der Waals surface area contributed by atoms with E-state index in [2.05, 4.69) is 25.3 Å². The average molecular weight is 571 g/mol. The molecule has 1 fully saturated rings. The maximum absolute atomic E-state index is 12.9. The fourth-order valence-corrected chi connectivity index (χ4v) is 3.84. The van der Waals surface area contributed by atoms with Crippen LogP contribution >= 0.6 is 11.8 Å². The molecule has 16 heteroatoms. The lowest BCUT2D eigenvalue weighted by molar-refractivity contribution is -0.221. The number of ether oxygens (including phenoxy) is 5. The van der Waals surface area contributed by atoms with Gasteiger partial charge in [-0.25, -0.2) is 9.78 Å². The lowest BCUT2D eigenvalue weighted by Gasteiger charge is -2.40. The van der Waals surface area contributed by atoms with Crippen LogP contribution in [0, 0.1) is 0 Å². The summed E-state index contributed by atoms with van der Waals surface area (Å²) in [6.07, 6.45) is -2.32. The van der Waals surface area contributed by atoms with Crippen molar-refractivity contribution in [1.82, 2.24) is 9.97 Å². The van der Waals surface area contributed by atoms with Gasteiger partial charge in [0, 0.05) is 32.5 Å². The van der Waals surface area contributed by atoms with Crippen molar-refractivity contribution in [2.45, 2.75) is 64.3 Å². The van der Waals surface area contributed by atoms with E-state index < -0.39 is 59.8 Å². The van der Waals surface area contributed by atoms with Gasteiger partial charge < -0.3 is 34.3 Å². The standard InChI is InChI=1S/C23H30N4O11S/c1-7-34-22(33)14(31)8-10(2)24-16-19(26-23(39-6)27-20(16)32)25-21-18(38-13(5)30)17(37-12(4)29)15(9-35-21)36-11(3)28/h8,15,17-18,21,24H,7,9H2,1-6H3,(H2,25,26,27,32). The maximum Gasteiger partial charge on any atom is 0.379 e. The Balaban J connectivity index is 2.47. The Labute approximate surface area is 227 Å². The summed E-state index contributed by atoms with van der Waals surface area (Å²) in [7, 11) is 0. The summed E-state index contributed by atoms with van der Waals surface area (Å²) in [5, 5.41) is 5.78. The van der Waals surface area contributed by atoms with Crippen LogP contribution in [0.3, 0.4) is 0 Å². The molecule has 2 rings (SSSR count). The van der Waals surface area contributed by atoms with Crippen LogP contribution in [0.1, 0.15) is 34.6 Å². The molecule has 0 aromatic carbocycles. The minimum atomic E-state index is -1.34. The van der Waals surface area contributed by atoms with Gasteiger partial charge in [0.1, 0.15) is 5.69 Å². The number of H-pyrrole nitrogens is 1. The molecule has 1 aromatic heterocycles. The normalized spacial score (nSPS) is 20.8. The smallest absolute Gasteiger partial charge is 0.379 e. The van der Waals surface area contributed by atoms with E-state index in [4.69, 9.17) is 18.9 Å². The number of aromatic nitrogens is 2. The quantitative estimate of drug-likeness (QED) is 0.0828. The van der Waals surface area contributed by atoms with E-state index in [0.717, 1.165) is 38.6 Å². The first-order valence-corrected chi connectivity index (χ1v) is 12.8. The summed E-state index contributed by atoms with van der Waals surface area (Å²) in [5.41, 5.74) is -0.717. The number of nitrogens with zero attached hydrogens (tertiary/aromatic N) is 1. The van der Waals surface area contributed by atoms with Gasteiger partial charge in [-0.3, -0.25) is 29.0 Å². The molecule has 1 aliphatic heterocycles. The number of carbonyl (C=O) groups is 5. The molecule has 214 valence electrons. The Morgan fingerprint density at radius 2 is 1.67 bits per heavy atom. The van der Waals surface area contributed by atoms with Crippen molar-refractivity contribution in [2.24, 2.45) is 0 Å². The molecule has 1 aromatic rings. The van der Waals surface area contributed by atoms with Crippen LogP contribution in [0.2, 0.25) is 0 Å². The van der Waals surface area contributed by atoms with Gasteiger partial charge in [0.05, 0.1) is 13.2 Å². The van der Waals surface area contributed by atoms with Crippen LogP contribution in [-0.4, -0.2) is 83.6 Å². The van der Waals surface area contributed by atoms with Crippen molar-refractivity contribution < 1.29 is 47.7 Å². The third kappa shape index (κ3) is 9.10.